The fraction of sp³-hybridized carbons (Fsp3) is 0.250. The molecule has 0 bridgehead atoms. The molecule has 4 aromatic carbocycles. The van der Waals surface area contributed by atoms with Gasteiger partial charge in [0, 0.05) is 19.5 Å². The Morgan fingerprint density at radius 2 is 1.59 bits per heavy atom. The van der Waals surface area contributed by atoms with E-state index in [9.17, 15) is 14.0 Å². The summed E-state index contributed by atoms with van der Waals surface area (Å²) in [5, 5.41) is 5.01. The van der Waals surface area contributed by atoms with Crippen molar-refractivity contribution in [3.63, 3.8) is 0 Å². The average Bonchev–Trinajstić information content (AvgIpc) is 2.94. The molecule has 5 nitrogen and oxygen atoms in total. The lowest BCUT2D eigenvalue weighted by Crippen LogP contribution is -2.52. The summed E-state index contributed by atoms with van der Waals surface area (Å²) in [5.74, 6) is -0.166. The highest BCUT2D eigenvalue weighted by Crippen LogP contribution is 2.33. The van der Waals surface area contributed by atoms with Crippen LogP contribution in [0.1, 0.15) is 25.0 Å². The molecule has 7 heteroatoms. The van der Waals surface area contributed by atoms with Gasteiger partial charge >= 0.3 is 0 Å². The van der Waals surface area contributed by atoms with Crippen LogP contribution in [0.25, 0.3) is 10.8 Å². The van der Waals surface area contributed by atoms with Gasteiger partial charge in [0.2, 0.25) is 5.91 Å². The quantitative estimate of drug-likeness (QED) is 0.216. The molecule has 0 saturated carbocycles. The summed E-state index contributed by atoms with van der Waals surface area (Å²) < 4.78 is 20.4. The molecule has 0 saturated heterocycles. The summed E-state index contributed by atoms with van der Waals surface area (Å²) in [5.41, 5.74) is 1.64. The van der Waals surface area contributed by atoms with Crippen LogP contribution in [-0.2, 0) is 22.6 Å². The molecule has 1 atom stereocenters. The fourth-order valence-electron chi connectivity index (χ4n) is 4.31. The van der Waals surface area contributed by atoms with E-state index < -0.39 is 6.04 Å². The third-order valence-electron chi connectivity index (χ3n) is 6.40. The van der Waals surface area contributed by atoms with E-state index in [4.69, 9.17) is 4.74 Å². The van der Waals surface area contributed by atoms with Gasteiger partial charge in [0.1, 0.15) is 17.6 Å². The number of halogens is 2. The van der Waals surface area contributed by atoms with Gasteiger partial charge in [0.05, 0.1) is 4.47 Å². The van der Waals surface area contributed by atoms with Crippen molar-refractivity contribution in [2.24, 2.45) is 5.92 Å². The molecule has 4 aromatic rings. The van der Waals surface area contributed by atoms with Crippen LogP contribution in [0.3, 0.4) is 0 Å². The van der Waals surface area contributed by atoms with E-state index in [2.05, 4.69) is 21.2 Å². The van der Waals surface area contributed by atoms with E-state index in [1.165, 1.54) is 17.0 Å². The van der Waals surface area contributed by atoms with E-state index >= 15 is 0 Å². The van der Waals surface area contributed by atoms with Gasteiger partial charge in [0.15, 0.2) is 6.61 Å². The van der Waals surface area contributed by atoms with Crippen LogP contribution in [0.5, 0.6) is 5.75 Å². The zero-order valence-corrected chi connectivity index (χ0v) is 23.7. The van der Waals surface area contributed by atoms with Gasteiger partial charge in [0.25, 0.3) is 5.91 Å². The molecule has 0 unspecified atom stereocenters. The Kier molecular flexibility index (Phi) is 9.71. The summed E-state index contributed by atoms with van der Waals surface area (Å²) >= 11 is 3.61. The van der Waals surface area contributed by atoms with Gasteiger partial charge in [-0.2, -0.15) is 0 Å². The van der Waals surface area contributed by atoms with Crippen molar-refractivity contribution in [1.82, 2.24) is 10.2 Å². The molecule has 0 aliphatic rings. The molecule has 202 valence electrons. The predicted molar refractivity (Wildman–Crippen MR) is 156 cm³/mol. The van der Waals surface area contributed by atoms with Crippen LogP contribution in [0.2, 0.25) is 0 Å². The average molecular weight is 592 g/mol. The van der Waals surface area contributed by atoms with Crippen molar-refractivity contribution in [3.05, 3.63) is 112 Å². The lowest BCUT2D eigenvalue weighted by atomic mass is 10.0. The Hall–Kier alpha value is -3.71. The summed E-state index contributed by atoms with van der Waals surface area (Å²) in [7, 11) is 0. The number of hydrogen-bond donors (Lipinski definition) is 1. The first kappa shape index (κ1) is 28.3. The zero-order chi connectivity index (χ0) is 27.8. The molecular weight excluding hydrogens is 559 g/mol. The van der Waals surface area contributed by atoms with Crippen molar-refractivity contribution < 1.29 is 18.7 Å². The maximum absolute atomic E-state index is 13.8. The second kappa shape index (κ2) is 13.4. The standard InChI is InChI=1S/C32H32BrFN2O3/c1-22(2)19-35-32(38)28(18-23-8-4-3-5-9-23)36(20-24-12-15-26(34)16-13-24)30(37)21-39-29-17-14-25-10-6-7-11-27(25)31(29)33/h3-17,22,28H,18-21H2,1-2H3,(H,35,38)/t28-/m0/s1. The van der Waals surface area contributed by atoms with Gasteiger partial charge < -0.3 is 15.0 Å². The van der Waals surface area contributed by atoms with Crippen molar-refractivity contribution in [2.45, 2.75) is 32.9 Å². The fourth-order valence-corrected chi connectivity index (χ4v) is 4.92. The van der Waals surface area contributed by atoms with E-state index in [1.54, 1.807) is 12.1 Å². The van der Waals surface area contributed by atoms with E-state index in [-0.39, 0.29) is 36.7 Å². The van der Waals surface area contributed by atoms with Crippen molar-refractivity contribution in [3.8, 4) is 5.75 Å². The summed E-state index contributed by atoms with van der Waals surface area (Å²) in [4.78, 5) is 28.8. The second-order valence-electron chi connectivity index (χ2n) is 9.88. The first-order valence-corrected chi connectivity index (χ1v) is 13.8. The number of benzene rings is 4. The lowest BCUT2D eigenvalue weighted by molar-refractivity contribution is -0.142. The van der Waals surface area contributed by atoms with Crippen LogP contribution in [-0.4, -0.2) is 35.9 Å². The lowest BCUT2D eigenvalue weighted by Gasteiger charge is -2.31. The predicted octanol–water partition coefficient (Wildman–Crippen LogP) is 6.53. The minimum absolute atomic E-state index is 0.133. The molecule has 0 aliphatic heterocycles. The van der Waals surface area contributed by atoms with Gasteiger partial charge in [-0.3, -0.25) is 9.59 Å². The summed E-state index contributed by atoms with van der Waals surface area (Å²) in [6.07, 6.45) is 0.331. The van der Waals surface area contributed by atoms with Crippen LogP contribution in [0.15, 0.2) is 95.5 Å². The van der Waals surface area contributed by atoms with E-state index in [0.717, 1.165) is 20.8 Å². The highest BCUT2D eigenvalue weighted by Gasteiger charge is 2.31. The molecule has 0 aromatic heterocycles. The highest BCUT2D eigenvalue weighted by atomic mass is 79.9. The summed E-state index contributed by atoms with van der Waals surface area (Å²) in [6, 6.07) is 26.4. The maximum Gasteiger partial charge on any atom is 0.261 e. The first-order valence-electron chi connectivity index (χ1n) is 13.0. The van der Waals surface area contributed by atoms with Crippen LogP contribution < -0.4 is 10.1 Å². The van der Waals surface area contributed by atoms with Gasteiger partial charge in [-0.05, 0) is 61.9 Å². The molecule has 39 heavy (non-hydrogen) atoms. The number of amides is 2. The first-order chi connectivity index (χ1) is 18.8. The molecule has 0 fully saturated rings. The molecule has 4 rings (SSSR count). The number of nitrogens with zero attached hydrogens (tertiary/aromatic N) is 1. The summed E-state index contributed by atoms with van der Waals surface area (Å²) in [6.45, 7) is 4.39. The number of nitrogens with one attached hydrogen (secondary N) is 1. The Balaban J connectivity index is 1.63. The van der Waals surface area contributed by atoms with Crippen molar-refractivity contribution in [1.29, 1.82) is 0 Å². The molecule has 0 heterocycles. The van der Waals surface area contributed by atoms with E-state index in [1.807, 2.05) is 80.6 Å². The molecule has 2 amide bonds. The van der Waals surface area contributed by atoms with Crippen LogP contribution in [0, 0.1) is 11.7 Å². The largest absolute Gasteiger partial charge is 0.483 e. The van der Waals surface area contributed by atoms with Crippen molar-refractivity contribution in [2.75, 3.05) is 13.2 Å². The smallest absolute Gasteiger partial charge is 0.261 e. The Morgan fingerprint density at radius 3 is 2.31 bits per heavy atom. The minimum atomic E-state index is -0.785. The minimum Gasteiger partial charge on any atom is -0.483 e. The topological polar surface area (TPSA) is 58.6 Å². The van der Waals surface area contributed by atoms with Gasteiger partial charge in [-0.1, -0.05) is 86.6 Å². The number of ether oxygens (including phenoxy) is 1. The third-order valence-corrected chi connectivity index (χ3v) is 7.22. The highest BCUT2D eigenvalue weighted by molar-refractivity contribution is 9.10. The number of hydrogen-bond acceptors (Lipinski definition) is 3. The maximum atomic E-state index is 13.8. The van der Waals surface area contributed by atoms with Crippen LogP contribution in [0.4, 0.5) is 4.39 Å². The normalized spacial score (nSPS) is 11.8. The second-order valence-corrected chi connectivity index (χ2v) is 10.7. The third kappa shape index (κ3) is 7.67. The molecular formula is C32H32BrFN2O3. The van der Waals surface area contributed by atoms with Crippen LogP contribution >= 0.6 is 15.9 Å². The Bertz CT molecular complexity index is 1410. The SMILES string of the molecule is CC(C)CNC(=O)[C@H](Cc1ccccc1)N(Cc1ccc(F)cc1)C(=O)COc1ccc2ccccc2c1Br. The number of fused-ring (bicyclic) bond motifs is 1. The number of rotatable bonds is 11. The Labute approximate surface area is 237 Å². The molecule has 0 spiro atoms. The number of carbonyl (C=O) groups is 2. The monoisotopic (exact) mass is 590 g/mol. The Morgan fingerprint density at radius 1 is 0.897 bits per heavy atom. The molecule has 0 radical (unpaired) electrons. The zero-order valence-electron chi connectivity index (χ0n) is 22.1. The van der Waals surface area contributed by atoms with Crippen molar-refractivity contribution >= 4 is 38.5 Å². The number of carbonyl (C=O) groups excluding carboxylic acids is 2. The van der Waals surface area contributed by atoms with E-state index in [0.29, 0.717) is 24.3 Å². The molecule has 0 aliphatic carbocycles. The van der Waals surface area contributed by atoms with Gasteiger partial charge in [-0.15, -0.1) is 0 Å². The van der Waals surface area contributed by atoms with Gasteiger partial charge in [-0.25, -0.2) is 4.39 Å². The molecule has 1 N–H and O–H groups in total.